The van der Waals surface area contributed by atoms with Crippen molar-refractivity contribution in [2.24, 2.45) is 0 Å². The number of hydrogen-bond acceptors (Lipinski definition) is 2. The summed E-state index contributed by atoms with van der Waals surface area (Å²) in [6.45, 7) is 5.53. The first-order chi connectivity index (χ1) is 15.5. The number of urea groups is 1. The van der Waals surface area contributed by atoms with E-state index in [0.717, 1.165) is 16.8 Å². The summed E-state index contributed by atoms with van der Waals surface area (Å²) >= 11 is 6.52. The number of aryl methyl sites for hydroxylation is 1. The highest BCUT2D eigenvalue weighted by Crippen LogP contribution is 2.36. The fourth-order valence-electron chi connectivity index (χ4n) is 4.10. The van der Waals surface area contributed by atoms with Gasteiger partial charge in [0, 0.05) is 42.2 Å². The molecule has 3 amide bonds. The molecule has 1 unspecified atom stereocenters. The Labute approximate surface area is 193 Å². The lowest BCUT2D eigenvalue weighted by atomic mass is 9.99. The third-order valence-electron chi connectivity index (χ3n) is 5.86. The van der Waals surface area contributed by atoms with E-state index in [-0.39, 0.29) is 24.5 Å². The molecular formula is C25H27ClN4O2. The Morgan fingerprint density at radius 3 is 2.53 bits per heavy atom. The molecule has 2 aromatic carbocycles. The molecule has 0 saturated carbocycles. The van der Waals surface area contributed by atoms with Crippen LogP contribution in [0.1, 0.15) is 29.8 Å². The number of nitrogens with zero attached hydrogens (tertiary/aromatic N) is 3. The first-order valence-corrected chi connectivity index (χ1v) is 11.2. The topological polar surface area (TPSA) is 57.6 Å². The van der Waals surface area contributed by atoms with Crippen molar-refractivity contribution in [3.05, 3.63) is 88.7 Å². The van der Waals surface area contributed by atoms with Gasteiger partial charge in [0.25, 0.3) is 0 Å². The van der Waals surface area contributed by atoms with Gasteiger partial charge in [0.05, 0.1) is 6.04 Å². The van der Waals surface area contributed by atoms with Crippen molar-refractivity contribution in [3.63, 3.8) is 0 Å². The quantitative estimate of drug-likeness (QED) is 0.598. The highest BCUT2D eigenvalue weighted by Gasteiger charge is 2.34. The molecule has 0 saturated heterocycles. The van der Waals surface area contributed by atoms with Crippen LogP contribution in [0, 0.1) is 6.92 Å². The Morgan fingerprint density at radius 2 is 1.81 bits per heavy atom. The number of halogens is 1. The third kappa shape index (κ3) is 4.50. The maximum absolute atomic E-state index is 13.4. The van der Waals surface area contributed by atoms with E-state index in [9.17, 15) is 9.59 Å². The van der Waals surface area contributed by atoms with Gasteiger partial charge in [-0.1, -0.05) is 47.5 Å². The van der Waals surface area contributed by atoms with Crippen LogP contribution in [0.2, 0.25) is 5.02 Å². The molecular weight excluding hydrogens is 424 g/mol. The molecule has 0 fully saturated rings. The molecule has 32 heavy (non-hydrogen) atoms. The first-order valence-electron chi connectivity index (χ1n) is 10.8. The van der Waals surface area contributed by atoms with Crippen molar-refractivity contribution in [1.82, 2.24) is 14.4 Å². The van der Waals surface area contributed by atoms with Gasteiger partial charge in [0.15, 0.2) is 0 Å². The Hall–Kier alpha value is -3.25. The van der Waals surface area contributed by atoms with Crippen LogP contribution in [-0.2, 0) is 11.3 Å². The van der Waals surface area contributed by atoms with E-state index in [2.05, 4.69) is 9.88 Å². The maximum atomic E-state index is 13.4. The lowest BCUT2D eigenvalue weighted by Crippen LogP contribution is -2.48. The summed E-state index contributed by atoms with van der Waals surface area (Å²) in [5.74, 6) is -0.108. The van der Waals surface area contributed by atoms with Crippen molar-refractivity contribution in [2.75, 3.05) is 25.0 Å². The third-order valence-corrected chi connectivity index (χ3v) is 6.20. The van der Waals surface area contributed by atoms with Gasteiger partial charge in [-0.25, -0.2) is 4.79 Å². The number of carbonyl (C=O) groups excluding carboxylic acids is 2. The number of amides is 3. The number of carbonyl (C=O) groups is 2. The van der Waals surface area contributed by atoms with Crippen LogP contribution in [0.5, 0.6) is 0 Å². The zero-order chi connectivity index (χ0) is 22.7. The van der Waals surface area contributed by atoms with Crippen LogP contribution in [0.25, 0.3) is 0 Å². The lowest BCUT2D eigenvalue weighted by Gasteiger charge is -2.38. The van der Waals surface area contributed by atoms with Crippen LogP contribution in [0.15, 0.2) is 66.9 Å². The van der Waals surface area contributed by atoms with E-state index >= 15 is 0 Å². The molecule has 0 aliphatic carbocycles. The van der Waals surface area contributed by atoms with E-state index in [0.29, 0.717) is 30.3 Å². The van der Waals surface area contributed by atoms with Crippen LogP contribution in [0.4, 0.5) is 10.5 Å². The number of hydrogen-bond donors (Lipinski definition) is 1. The molecule has 1 atom stereocenters. The summed E-state index contributed by atoms with van der Waals surface area (Å²) in [5.41, 5.74) is 3.72. The van der Waals surface area contributed by atoms with E-state index in [1.807, 2.05) is 85.6 Å². The minimum absolute atomic E-state index is 0.00411. The van der Waals surface area contributed by atoms with Gasteiger partial charge in [0.2, 0.25) is 5.91 Å². The van der Waals surface area contributed by atoms with Crippen LogP contribution < -0.4 is 5.32 Å². The number of likely N-dealkylation sites (N-methyl/N-ethyl adjacent to an activating group) is 1. The Kier molecular flexibility index (Phi) is 6.51. The second-order valence-corrected chi connectivity index (χ2v) is 8.36. The number of anilines is 1. The van der Waals surface area contributed by atoms with E-state index < -0.39 is 0 Å². The maximum Gasteiger partial charge on any atom is 0.322 e. The molecule has 1 aliphatic rings. The molecule has 166 valence electrons. The molecule has 3 aromatic rings. The number of nitrogens with one attached hydrogen (secondary N) is 1. The van der Waals surface area contributed by atoms with Gasteiger partial charge < -0.3 is 19.7 Å². The van der Waals surface area contributed by atoms with Gasteiger partial charge in [-0.3, -0.25) is 4.79 Å². The SMILES string of the molecule is CCN(CC(=O)N1CCn2cccc2C1c1ccccc1Cl)C(=O)Nc1ccc(C)cc1. The van der Waals surface area contributed by atoms with Crippen molar-refractivity contribution < 1.29 is 9.59 Å². The van der Waals surface area contributed by atoms with Gasteiger partial charge in [0.1, 0.15) is 6.54 Å². The average Bonchev–Trinajstić information content (AvgIpc) is 3.27. The highest BCUT2D eigenvalue weighted by molar-refractivity contribution is 6.31. The molecule has 1 N–H and O–H groups in total. The van der Waals surface area contributed by atoms with Crippen molar-refractivity contribution in [2.45, 2.75) is 26.4 Å². The molecule has 7 heteroatoms. The molecule has 0 radical (unpaired) electrons. The van der Waals surface area contributed by atoms with E-state index in [4.69, 9.17) is 11.6 Å². The Balaban J connectivity index is 1.54. The highest BCUT2D eigenvalue weighted by atomic mass is 35.5. The monoisotopic (exact) mass is 450 g/mol. The van der Waals surface area contributed by atoms with Gasteiger partial charge in [-0.2, -0.15) is 0 Å². The average molecular weight is 451 g/mol. The lowest BCUT2D eigenvalue weighted by molar-refractivity contribution is -0.134. The Morgan fingerprint density at radius 1 is 1.06 bits per heavy atom. The van der Waals surface area contributed by atoms with Crippen molar-refractivity contribution >= 4 is 29.2 Å². The summed E-state index contributed by atoms with van der Waals surface area (Å²) in [7, 11) is 0. The van der Waals surface area contributed by atoms with Crippen LogP contribution >= 0.6 is 11.6 Å². The van der Waals surface area contributed by atoms with E-state index in [1.165, 1.54) is 4.90 Å². The summed E-state index contributed by atoms with van der Waals surface area (Å²) in [5, 5.41) is 3.50. The van der Waals surface area contributed by atoms with Crippen LogP contribution in [-0.4, -0.2) is 45.9 Å². The molecule has 6 nitrogen and oxygen atoms in total. The number of rotatable bonds is 5. The minimum atomic E-state index is -0.293. The van der Waals surface area contributed by atoms with Crippen molar-refractivity contribution in [1.29, 1.82) is 0 Å². The molecule has 1 aromatic heterocycles. The van der Waals surface area contributed by atoms with Crippen molar-refractivity contribution in [3.8, 4) is 0 Å². The molecule has 0 spiro atoms. The first kappa shape index (κ1) is 22.0. The summed E-state index contributed by atoms with van der Waals surface area (Å²) in [6.07, 6.45) is 2.02. The smallest absolute Gasteiger partial charge is 0.322 e. The zero-order valence-corrected chi connectivity index (χ0v) is 19.0. The minimum Gasteiger partial charge on any atom is -0.348 e. The normalized spacial score (nSPS) is 15.2. The summed E-state index contributed by atoms with van der Waals surface area (Å²) in [4.78, 5) is 29.6. The van der Waals surface area contributed by atoms with Gasteiger partial charge in [-0.05, 0) is 49.7 Å². The number of aromatic nitrogens is 1. The summed E-state index contributed by atoms with van der Waals surface area (Å²) < 4.78 is 2.15. The molecule has 0 bridgehead atoms. The second kappa shape index (κ2) is 9.49. The van der Waals surface area contributed by atoms with E-state index in [1.54, 1.807) is 0 Å². The predicted octanol–water partition coefficient (Wildman–Crippen LogP) is 4.94. The largest absolute Gasteiger partial charge is 0.348 e. The standard InChI is InChI=1S/C25H27ClN4O2/c1-3-28(25(32)27-19-12-10-18(2)11-13-19)17-23(31)30-16-15-29-14-6-9-22(29)24(30)20-7-4-5-8-21(20)26/h4-14,24H,3,15-17H2,1-2H3,(H,27,32). The van der Waals surface area contributed by atoms with Gasteiger partial charge >= 0.3 is 6.03 Å². The number of benzene rings is 2. The Bertz CT molecular complexity index is 1110. The fraction of sp³-hybridized carbons (Fsp3) is 0.280. The molecule has 4 rings (SSSR count). The van der Waals surface area contributed by atoms with Crippen LogP contribution in [0.3, 0.4) is 0 Å². The molecule has 2 heterocycles. The zero-order valence-electron chi connectivity index (χ0n) is 18.3. The summed E-state index contributed by atoms with van der Waals surface area (Å²) in [6, 6.07) is 18.6. The van der Waals surface area contributed by atoms with Gasteiger partial charge in [-0.15, -0.1) is 0 Å². The predicted molar refractivity (Wildman–Crippen MR) is 127 cm³/mol. The number of fused-ring (bicyclic) bond motifs is 1. The molecule has 1 aliphatic heterocycles. The fourth-order valence-corrected chi connectivity index (χ4v) is 4.34. The second-order valence-electron chi connectivity index (χ2n) is 7.95.